The Labute approximate surface area is 196 Å². The predicted molar refractivity (Wildman–Crippen MR) is 131 cm³/mol. The lowest BCUT2D eigenvalue weighted by Crippen LogP contribution is -2.49. The van der Waals surface area contributed by atoms with Gasteiger partial charge in [-0.05, 0) is 31.5 Å². The second-order valence-corrected chi connectivity index (χ2v) is 9.46. The number of carbonyl (C=O) groups is 2. The molecule has 33 heavy (non-hydrogen) atoms. The number of aryl methyl sites for hydroxylation is 3. The number of aromatic nitrogens is 2. The third-order valence-corrected chi connectivity index (χ3v) is 7.27. The second-order valence-electron chi connectivity index (χ2n) is 8.26. The maximum Gasteiger partial charge on any atom is 0.262 e. The molecule has 0 atom stereocenters. The molecule has 3 aromatic rings. The van der Waals surface area contributed by atoms with Gasteiger partial charge in [-0.1, -0.05) is 18.2 Å². The molecular formula is C24H29N5O3S. The Kier molecular flexibility index (Phi) is 7.08. The minimum Gasteiger partial charge on any atom is -0.368 e. The first kappa shape index (κ1) is 23.0. The number of hydrogen-bond donors (Lipinski definition) is 1. The average Bonchev–Trinajstić information content (AvgIpc) is 3.13. The zero-order valence-corrected chi connectivity index (χ0v) is 19.9. The first-order valence-electron chi connectivity index (χ1n) is 11.2. The van der Waals surface area contributed by atoms with E-state index in [0.717, 1.165) is 28.4 Å². The minimum atomic E-state index is -0.179. The number of para-hydroxylation sites is 1. The first-order valence-corrected chi connectivity index (χ1v) is 12.1. The number of thiophene rings is 1. The Bertz CT molecular complexity index is 1200. The zero-order chi connectivity index (χ0) is 23.4. The molecule has 3 heterocycles. The summed E-state index contributed by atoms with van der Waals surface area (Å²) in [6.45, 7) is 7.43. The van der Waals surface area contributed by atoms with Crippen LogP contribution >= 0.6 is 11.3 Å². The number of fused-ring (bicyclic) bond motifs is 1. The van der Waals surface area contributed by atoms with Gasteiger partial charge in [0, 0.05) is 62.7 Å². The summed E-state index contributed by atoms with van der Waals surface area (Å²) in [5.41, 5.74) is 2.02. The highest BCUT2D eigenvalue weighted by molar-refractivity contribution is 7.18. The van der Waals surface area contributed by atoms with Crippen molar-refractivity contribution in [1.29, 1.82) is 0 Å². The van der Waals surface area contributed by atoms with Crippen LogP contribution in [-0.2, 0) is 16.1 Å². The van der Waals surface area contributed by atoms with Gasteiger partial charge >= 0.3 is 0 Å². The molecule has 174 valence electrons. The lowest BCUT2D eigenvalue weighted by Gasteiger charge is -2.36. The minimum absolute atomic E-state index is 0.0529. The third-order valence-electron chi connectivity index (χ3n) is 6.15. The molecular weight excluding hydrogens is 438 g/mol. The second kappa shape index (κ2) is 10.2. The molecule has 0 radical (unpaired) electrons. The number of benzene rings is 1. The van der Waals surface area contributed by atoms with Gasteiger partial charge in [-0.3, -0.25) is 19.0 Å². The highest BCUT2D eigenvalue weighted by atomic mass is 32.1. The molecule has 4 rings (SSSR count). The van der Waals surface area contributed by atoms with Crippen LogP contribution in [0.2, 0.25) is 0 Å². The molecule has 2 amide bonds. The van der Waals surface area contributed by atoms with Crippen LogP contribution < -0.4 is 15.8 Å². The Hall–Kier alpha value is -3.20. The van der Waals surface area contributed by atoms with Gasteiger partial charge in [0.25, 0.3) is 5.56 Å². The molecule has 1 fully saturated rings. The lowest BCUT2D eigenvalue weighted by molar-refractivity contribution is -0.131. The van der Waals surface area contributed by atoms with Crippen molar-refractivity contribution in [3.05, 3.63) is 57.5 Å². The molecule has 8 nitrogen and oxygen atoms in total. The van der Waals surface area contributed by atoms with E-state index in [-0.39, 0.29) is 36.8 Å². The molecule has 0 saturated carbocycles. The monoisotopic (exact) mass is 467 g/mol. The summed E-state index contributed by atoms with van der Waals surface area (Å²) in [6.07, 6.45) is 1.95. The number of piperazine rings is 1. The van der Waals surface area contributed by atoms with Gasteiger partial charge < -0.3 is 15.1 Å². The van der Waals surface area contributed by atoms with Gasteiger partial charge in [0.15, 0.2) is 0 Å². The van der Waals surface area contributed by atoms with E-state index < -0.39 is 0 Å². The van der Waals surface area contributed by atoms with Crippen molar-refractivity contribution in [3.8, 4) is 0 Å². The normalized spacial score (nSPS) is 14.0. The van der Waals surface area contributed by atoms with Crippen LogP contribution in [0.5, 0.6) is 0 Å². The van der Waals surface area contributed by atoms with Crippen LogP contribution in [0.4, 0.5) is 5.69 Å². The molecule has 1 aliphatic rings. The summed E-state index contributed by atoms with van der Waals surface area (Å²) in [5.74, 6) is -0.126. The number of carbonyl (C=O) groups excluding carboxylic acids is 2. The van der Waals surface area contributed by atoms with E-state index >= 15 is 0 Å². The van der Waals surface area contributed by atoms with E-state index in [9.17, 15) is 14.4 Å². The van der Waals surface area contributed by atoms with E-state index in [1.807, 2.05) is 36.9 Å². The fourth-order valence-electron chi connectivity index (χ4n) is 4.06. The number of nitrogens with zero attached hydrogens (tertiary/aromatic N) is 4. The number of rotatable bonds is 7. The van der Waals surface area contributed by atoms with Crippen LogP contribution in [0.25, 0.3) is 10.2 Å². The van der Waals surface area contributed by atoms with Crippen molar-refractivity contribution in [2.75, 3.05) is 37.6 Å². The predicted octanol–water partition coefficient (Wildman–Crippen LogP) is 2.32. The Morgan fingerprint density at radius 2 is 1.79 bits per heavy atom. The molecule has 2 aromatic heterocycles. The molecule has 1 saturated heterocycles. The van der Waals surface area contributed by atoms with Crippen molar-refractivity contribution >= 4 is 39.1 Å². The van der Waals surface area contributed by atoms with E-state index in [2.05, 4.69) is 27.3 Å². The van der Waals surface area contributed by atoms with Crippen LogP contribution in [0.15, 0.2) is 41.5 Å². The molecule has 1 aliphatic heterocycles. The molecule has 9 heteroatoms. The molecule has 0 spiro atoms. The zero-order valence-electron chi connectivity index (χ0n) is 19.0. The molecule has 0 unspecified atom stereocenters. The van der Waals surface area contributed by atoms with E-state index in [1.165, 1.54) is 27.9 Å². The van der Waals surface area contributed by atoms with Crippen molar-refractivity contribution < 1.29 is 9.59 Å². The summed E-state index contributed by atoms with van der Waals surface area (Å²) in [4.78, 5) is 47.8. The summed E-state index contributed by atoms with van der Waals surface area (Å²) >= 11 is 1.51. The van der Waals surface area contributed by atoms with Crippen LogP contribution in [0.1, 0.15) is 23.3 Å². The summed E-state index contributed by atoms with van der Waals surface area (Å²) in [7, 11) is 0. The van der Waals surface area contributed by atoms with Gasteiger partial charge in [-0.2, -0.15) is 0 Å². The SMILES string of the molecule is Cc1sc2ncn(CCC(=O)NCCC(=O)N3CCN(c4ccccc4)CC3)c(=O)c2c1C. The maximum atomic E-state index is 12.7. The van der Waals surface area contributed by atoms with E-state index in [0.29, 0.717) is 25.0 Å². The topological polar surface area (TPSA) is 87.5 Å². The molecule has 1 aromatic carbocycles. The van der Waals surface area contributed by atoms with Crippen molar-refractivity contribution in [1.82, 2.24) is 19.8 Å². The van der Waals surface area contributed by atoms with Gasteiger partial charge in [-0.25, -0.2) is 4.98 Å². The van der Waals surface area contributed by atoms with Gasteiger partial charge in [0.05, 0.1) is 11.7 Å². The van der Waals surface area contributed by atoms with E-state index in [1.54, 1.807) is 0 Å². The third kappa shape index (κ3) is 5.24. The van der Waals surface area contributed by atoms with Crippen LogP contribution in [0, 0.1) is 13.8 Å². The van der Waals surface area contributed by atoms with Gasteiger partial charge in [0.1, 0.15) is 4.83 Å². The quantitative estimate of drug-likeness (QED) is 0.576. The fraction of sp³-hybridized carbons (Fsp3) is 0.417. The highest BCUT2D eigenvalue weighted by Gasteiger charge is 2.21. The first-order chi connectivity index (χ1) is 15.9. The van der Waals surface area contributed by atoms with Gasteiger partial charge in [0.2, 0.25) is 11.8 Å². The number of anilines is 1. The lowest BCUT2D eigenvalue weighted by atomic mass is 10.2. The average molecular weight is 468 g/mol. The summed E-state index contributed by atoms with van der Waals surface area (Å²) < 4.78 is 1.48. The summed E-state index contributed by atoms with van der Waals surface area (Å²) in [6, 6.07) is 10.2. The number of hydrogen-bond acceptors (Lipinski definition) is 6. The van der Waals surface area contributed by atoms with Crippen molar-refractivity contribution in [3.63, 3.8) is 0 Å². The van der Waals surface area contributed by atoms with Crippen LogP contribution in [0.3, 0.4) is 0 Å². The maximum absolute atomic E-state index is 12.7. The van der Waals surface area contributed by atoms with Crippen molar-refractivity contribution in [2.45, 2.75) is 33.2 Å². The fourth-order valence-corrected chi connectivity index (χ4v) is 5.05. The van der Waals surface area contributed by atoms with Gasteiger partial charge in [-0.15, -0.1) is 11.3 Å². The standard InChI is InChI=1S/C24H29N5O3S/c1-17-18(2)33-23-22(17)24(32)29(16-26-23)11-9-20(30)25-10-8-21(31)28-14-12-27(13-15-28)19-6-4-3-5-7-19/h3-7,16H,8-15H2,1-2H3,(H,25,30). The summed E-state index contributed by atoms with van der Waals surface area (Å²) in [5, 5.41) is 3.44. The number of nitrogens with one attached hydrogen (secondary N) is 1. The highest BCUT2D eigenvalue weighted by Crippen LogP contribution is 2.25. The smallest absolute Gasteiger partial charge is 0.262 e. The molecule has 1 N–H and O–H groups in total. The molecule has 0 bridgehead atoms. The van der Waals surface area contributed by atoms with E-state index in [4.69, 9.17) is 0 Å². The Morgan fingerprint density at radius 3 is 2.52 bits per heavy atom. The molecule has 0 aliphatic carbocycles. The Morgan fingerprint density at radius 1 is 1.06 bits per heavy atom. The number of amides is 2. The largest absolute Gasteiger partial charge is 0.368 e. The van der Waals surface area contributed by atoms with Crippen molar-refractivity contribution in [2.24, 2.45) is 0 Å². The van der Waals surface area contributed by atoms with Crippen LogP contribution in [-0.4, -0.2) is 59.0 Å². The Balaban J connectivity index is 1.20.